The van der Waals surface area contributed by atoms with Gasteiger partial charge in [0.15, 0.2) is 0 Å². The second-order valence-electron chi connectivity index (χ2n) is 10.4. The first-order chi connectivity index (χ1) is 12.0. The van der Waals surface area contributed by atoms with Crippen LogP contribution in [0, 0.1) is 40.4 Å². The van der Waals surface area contributed by atoms with Crippen LogP contribution in [0.25, 0.3) is 0 Å². The lowest BCUT2D eigenvalue weighted by atomic mass is 9.49. The van der Waals surface area contributed by atoms with Gasteiger partial charge >= 0.3 is 0 Å². The maximum atomic E-state index is 11.3. The molecule has 1 heteroatoms. The highest BCUT2D eigenvalue weighted by Crippen LogP contribution is 2.64. The predicted molar refractivity (Wildman–Crippen MR) is 106 cm³/mol. The van der Waals surface area contributed by atoms with Crippen LogP contribution in [0.3, 0.4) is 0 Å². The molecule has 0 aromatic heterocycles. The summed E-state index contributed by atoms with van der Waals surface area (Å²) in [5.41, 5.74) is 1.03. The van der Waals surface area contributed by atoms with Crippen molar-refractivity contribution < 1.29 is 4.79 Å². The van der Waals surface area contributed by atoms with Crippen molar-refractivity contribution in [3.63, 3.8) is 0 Å². The Labute approximate surface area is 156 Å². The Balaban J connectivity index is 1.77. The van der Waals surface area contributed by atoms with Crippen molar-refractivity contribution in [2.75, 3.05) is 0 Å². The van der Waals surface area contributed by atoms with E-state index in [-0.39, 0.29) is 0 Å². The van der Waals surface area contributed by atoms with E-state index in [0.717, 1.165) is 30.1 Å². The Morgan fingerprint density at radius 1 is 0.920 bits per heavy atom. The molecule has 3 aliphatic carbocycles. The molecule has 1 nitrogen and oxygen atoms in total. The molecule has 0 N–H and O–H groups in total. The van der Waals surface area contributed by atoms with Crippen LogP contribution in [0.4, 0.5) is 0 Å². The molecule has 0 aromatic rings. The molecule has 0 aromatic carbocycles. The first-order valence-electron chi connectivity index (χ1n) is 11.4. The molecule has 0 heterocycles. The van der Waals surface area contributed by atoms with Crippen LogP contribution in [0.15, 0.2) is 0 Å². The molecular weight excluding hydrogens is 304 g/mol. The second kappa shape index (κ2) is 7.73. The molecule has 3 fully saturated rings. The van der Waals surface area contributed by atoms with Crippen molar-refractivity contribution in [1.29, 1.82) is 0 Å². The molecular formula is C24H42O. The minimum absolute atomic E-state index is 0.418. The molecule has 7 unspecified atom stereocenters. The summed E-state index contributed by atoms with van der Waals surface area (Å²) in [6.45, 7) is 10.1. The van der Waals surface area contributed by atoms with Crippen LogP contribution in [0.5, 0.6) is 0 Å². The molecule has 7 atom stereocenters. The lowest BCUT2D eigenvalue weighted by Crippen LogP contribution is -2.49. The van der Waals surface area contributed by atoms with Gasteiger partial charge < -0.3 is 4.79 Å². The number of hydrogen-bond acceptors (Lipinski definition) is 1. The number of carbonyl (C=O) groups is 1. The maximum Gasteiger partial charge on any atom is 0.120 e. The van der Waals surface area contributed by atoms with Crippen molar-refractivity contribution >= 4 is 6.29 Å². The molecule has 0 radical (unpaired) electrons. The van der Waals surface area contributed by atoms with Gasteiger partial charge in [-0.25, -0.2) is 0 Å². The van der Waals surface area contributed by atoms with Crippen LogP contribution in [0.2, 0.25) is 0 Å². The Morgan fingerprint density at radius 2 is 1.64 bits per heavy atom. The fraction of sp³-hybridized carbons (Fsp3) is 0.958. The topological polar surface area (TPSA) is 17.1 Å². The van der Waals surface area contributed by atoms with E-state index in [1.807, 2.05) is 0 Å². The van der Waals surface area contributed by atoms with Crippen molar-refractivity contribution in [2.24, 2.45) is 40.4 Å². The molecule has 144 valence electrons. The fourth-order valence-corrected chi connectivity index (χ4v) is 7.88. The van der Waals surface area contributed by atoms with Crippen LogP contribution >= 0.6 is 0 Å². The third-order valence-electron chi connectivity index (χ3n) is 9.45. The van der Waals surface area contributed by atoms with Crippen LogP contribution in [-0.2, 0) is 4.79 Å². The van der Waals surface area contributed by atoms with Crippen molar-refractivity contribution in [1.82, 2.24) is 0 Å². The van der Waals surface area contributed by atoms with E-state index < -0.39 is 0 Å². The molecule has 3 rings (SSSR count). The molecule has 0 amide bonds. The zero-order valence-electron chi connectivity index (χ0n) is 17.4. The van der Waals surface area contributed by atoms with E-state index in [1.54, 1.807) is 0 Å². The van der Waals surface area contributed by atoms with Gasteiger partial charge in [-0.2, -0.15) is 0 Å². The van der Waals surface area contributed by atoms with E-state index >= 15 is 0 Å². The molecule has 0 bridgehead atoms. The Hall–Kier alpha value is -0.330. The number of aldehydes is 1. The average Bonchev–Trinajstić information content (AvgIpc) is 2.93. The first-order valence-corrected chi connectivity index (χ1v) is 11.4. The molecule has 3 saturated carbocycles. The number of carbonyl (C=O) groups excluding carboxylic acids is 1. The molecule has 3 aliphatic rings. The van der Waals surface area contributed by atoms with Gasteiger partial charge in [-0.05, 0) is 85.4 Å². The van der Waals surface area contributed by atoms with Gasteiger partial charge in [0.05, 0.1) is 0 Å². The third kappa shape index (κ3) is 3.34. The average molecular weight is 347 g/mol. The van der Waals surface area contributed by atoms with Crippen LogP contribution in [0.1, 0.15) is 105 Å². The summed E-state index contributed by atoms with van der Waals surface area (Å²) < 4.78 is 0. The minimum atomic E-state index is 0.418. The smallest absolute Gasteiger partial charge is 0.120 e. The highest BCUT2D eigenvalue weighted by molar-refractivity contribution is 5.50. The van der Waals surface area contributed by atoms with Gasteiger partial charge in [0.25, 0.3) is 0 Å². The number of unbranched alkanes of at least 4 members (excludes halogenated alkanes) is 1. The predicted octanol–water partition coefficient (Wildman–Crippen LogP) is 7.04. The second-order valence-corrected chi connectivity index (χ2v) is 10.4. The van der Waals surface area contributed by atoms with Gasteiger partial charge in [0.2, 0.25) is 0 Å². The summed E-state index contributed by atoms with van der Waals surface area (Å²) in [4.78, 5) is 11.3. The summed E-state index contributed by atoms with van der Waals surface area (Å²) in [7, 11) is 0. The quantitative estimate of drug-likeness (QED) is 0.471. The zero-order chi connectivity index (χ0) is 18.1. The normalized spacial score (nSPS) is 47.4. The molecule has 0 aliphatic heterocycles. The van der Waals surface area contributed by atoms with Crippen LogP contribution < -0.4 is 0 Å². The van der Waals surface area contributed by atoms with Gasteiger partial charge in [-0.15, -0.1) is 0 Å². The number of fused-ring (bicyclic) bond motifs is 1. The Kier molecular flexibility index (Phi) is 6.01. The number of hydrogen-bond donors (Lipinski definition) is 0. The van der Waals surface area contributed by atoms with E-state index in [0.29, 0.717) is 16.7 Å². The largest absolute Gasteiger partial charge is 0.303 e. The summed E-state index contributed by atoms with van der Waals surface area (Å²) in [6.07, 6.45) is 17.4. The summed E-state index contributed by atoms with van der Waals surface area (Å²) >= 11 is 0. The van der Waals surface area contributed by atoms with Crippen molar-refractivity contribution in [3.05, 3.63) is 0 Å². The van der Waals surface area contributed by atoms with Gasteiger partial charge in [-0.3, -0.25) is 0 Å². The van der Waals surface area contributed by atoms with E-state index in [1.165, 1.54) is 76.9 Å². The Morgan fingerprint density at radius 3 is 2.36 bits per heavy atom. The molecule has 0 spiro atoms. The van der Waals surface area contributed by atoms with Crippen molar-refractivity contribution in [3.8, 4) is 0 Å². The summed E-state index contributed by atoms with van der Waals surface area (Å²) in [5.74, 6) is 4.26. The van der Waals surface area contributed by atoms with Gasteiger partial charge in [0.1, 0.15) is 6.29 Å². The molecule has 0 saturated heterocycles. The maximum absolute atomic E-state index is 11.3. The summed E-state index contributed by atoms with van der Waals surface area (Å²) in [5, 5.41) is 0. The van der Waals surface area contributed by atoms with E-state index in [4.69, 9.17) is 0 Å². The van der Waals surface area contributed by atoms with E-state index in [2.05, 4.69) is 27.7 Å². The minimum Gasteiger partial charge on any atom is -0.303 e. The SMILES string of the molecule is CCCCC1CCC2C(C)C(C3(C)CCCCC3CC=O)CCC12C. The van der Waals surface area contributed by atoms with Crippen molar-refractivity contribution in [2.45, 2.75) is 105 Å². The third-order valence-corrected chi connectivity index (χ3v) is 9.45. The van der Waals surface area contributed by atoms with E-state index in [9.17, 15) is 4.79 Å². The van der Waals surface area contributed by atoms with Gasteiger partial charge in [0, 0.05) is 6.42 Å². The van der Waals surface area contributed by atoms with Crippen LogP contribution in [-0.4, -0.2) is 6.29 Å². The van der Waals surface area contributed by atoms with Gasteiger partial charge in [-0.1, -0.05) is 53.4 Å². The standard InChI is InChI=1S/C24H42O/c1-5-6-9-19-11-12-21-18(2)22(13-16-24(19,21)4)23(3)15-8-7-10-20(23)14-17-25/h17-22H,5-16H2,1-4H3. The summed E-state index contributed by atoms with van der Waals surface area (Å²) in [6, 6.07) is 0. The lowest BCUT2D eigenvalue weighted by Gasteiger charge is -2.56. The highest BCUT2D eigenvalue weighted by atomic mass is 16.1. The monoisotopic (exact) mass is 346 g/mol. The highest BCUT2D eigenvalue weighted by Gasteiger charge is 2.56. The number of rotatable bonds is 6. The zero-order valence-corrected chi connectivity index (χ0v) is 17.4. The molecule has 25 heavy (non-hydrogen) atoms. The first kappa shape index (κ1) is 19.4. The Bertz CT molecular complexity index is 457. The lowest BCUT2D eigenvalue weighted by molar-refractivity contribution is -0.113. The fourth-order valence-electron chi connectivity index (χ4n) is 7.88.